The average Bonchev–Trinajstić information content (AvgIpc) is 2.83. The van der Waals surface area contributed by atoms with Crippen molar-refractivity contribution in [3.05, 3.63) is 45.9 Å². The summed E-state index contributed by atoms with van der Waals surface area (Å²) in [5, 5.41) is 3.02. The summed E-state index contributed by atoms with van der Waals surface area (Å²) in [5.41, 5.74) is 2.66. The average molecular weight is 289 g/mol. The molecular weight excluding hydrogens is 270 g/mol. The molecule has 20 heavy (non-hydrogen) atoms. The molecule has 2 aromatic rings. The predicted octanol–water partition coefficient (Wildman–Crippen LogP) is 2.79. The zero-order valence-corrected chi connectivity index (χ0v) is 13.1. The number of anilines is 1. The maximum Gasteiger partial charge on any atom is 0.254 e. The van der Waals surface area contributed by atoms with Gasteiger partial charge in [-0.25, -0.2) is 4.98 Å². The van der Waals surface area contributed by atoms with Crippen LogP contribution in [-0.4, -0.2) is 36.9 Å². The Bertz CT molecular complexity index is 607. The van der Waals surface area contributed by atoms with Crippen LogP contribution < -0.4 is 4.90 Å². The minimum Gasteiger partial charge on any atom is -0.378 e. The fourth-order valence-electron chi connectivity index (χ4n) is 1.93. The Labute approximate surface area is 123 Å². The Kier molecular flexibility index (Phi) is 4.39. The van der Waals surface area contributed by atoms with Crippen LogP contribution in [0.15, 0.2) is 29.6 Å². The van der Waals surface area contributed by atoms with Crippen molar-refractivity contribution in [2.24, 2.45) is 0 Å². The van der Waals surface area contributed by atoms with E-state index >= 15 is 0 Å². The van der Waals surface area contributed by atoms with Crippen molar-refractivity contribution in [2.75, 3.05) is 26.0 Å². The van der Waals surface area contributed by atoms with E-state index < -0.39 is 0 Å². The zero-order chi connectivity index (χ0) is 14.7. The van der Waals surface area contributed by atoms with Gasteiger partial charge in [-0.2, -0.15) is 0 Å². The van der Waals surface area contributed by atoms with Crippen molar-refractivity contribution < 1.29 is 4.79 Å². The predicted molar refractivity (Wildman–Crippen MR) is 83.4 cm³/mol. The monoisotopic (exact) mass is 289 g/mol. The molecule has 1 amide bonds. The van der Waals surface area contributed by atoms with Gasteiger partial charge in [-0.05, 0) is 25.1 Å². The molecule has 1 aromatic heterocycles. The molecule has 0 saturated carbocycles. The number of nitrogens with zero attached hydrogens (tertiary/aromatic N) is 3. The second-order valence-corrected chi connectivity index (χ2v) is 6.03. The van der Waals surface area contributed by atoms with Crippen molar-refractivity contribution in [2.45, 2.75) is 13.5 Å². The molecular formula is C15H19N3OS. The van der Waals surface area contributed by atoms with Crippen molar-refractivity contribution in [1.82, 2.24) is 9.88 Å². The minimum atomic E-state index is 0.0133. The molecule has 5 heteroatoms. The molecule has 0 fully saturated rings. The van der Waals surface area contributed by atoms with Crippen LogP contribution in [0.3, 0.4) is 0 Å². The first-order valence-electron chi connectivity index (χ1n) is 6.41. The van der Waals surface area contributed by atoms with E-state index in [4.69, 9.17) is 0 Å². The summed E-state index contributed by atoms with van der Waals surface area (Å²) >= 11 is 1.60. The lowest BCUT2D eigenvalue weighted by atomic mass is 10.1. The Morgan fingerprint density at radius 2 is 2.05 bits per heavy atom. The molecule has 0 aliphatic heterocycles. The van der Waals surface area contributed by atoms with Crippen LogP contribution in [-0.2, 0) is 6.54 Å². The fraction of sp³-hybridized carbons (Fsp3) is 0.333. The van der Waals surface area contributed by atoms with Gasteiger partial charge >= 0.3 is 0 Å². The summed E-state index contributed by atoms with van der Waals surface area (Å²) in [6.45, 7) is 2.51. The summed E-state index contributed by atoms with van der Waals surface area (Å²) in [5.74, 6) is 0.0133. The Morgan fingerprint density at radius 3 is 2.65 bits per heavy atom. The largest absolute Gasteiger partial charge is 0.378 e. The van der Waals surface area contributed by atoms with Gasteiger partial charge in [-0.3, -0.25) is 4.79 Å². The summed E-state index contributed by atoms with van der Waals surface area (Å²) in [4.78, 5) is 20.5. The number of benzene rings is 1. The third kappa shape index (κ3) is 3.36. The van der Waals surface area contributed by atoms with Gasteiger partial charge in [0, 0.05) is 37.8 Å². The highest BCUT2D eigenvalue weighted by molar-refractivity contribution is 7.09. The zero-order valence-electron chi connectivity index (χ0n) is 12.3. The maximum absolute atomic E-state index is 12.4. The van der Waals surface area contributed by atoms with Gasteiger partial charge < -0.3 is 9.80 Å². The fourth-order valence-corrected chi connectivity index (χ4v) is 2.54. The van der Waals surface area contributed by atoms with Crippen LogP contribution in [0, 0.1) is 6.92 Å². The summed E-state index contributed by atoms with van der Waals surface area (Å²) in [6.07, 6.45) is 0. The molecule has 0 spiro atoms. The number of thiazole rings is 1. The van der Waals surface area contributed by atoms with Crippen molar-refractivity contribution in [3.63, 3.8) is 0 Å². The molecule has 0 aliphatic rings. The van der Waals surface area contributed by atoms with Crippen LogP contribution in [0.4, 0.5) is 5.69 Å². The SMILES string of the molecule is Cc1nc(CN(C)C(=O)c2cccc(N(C)C)c2)cs1. The molecule has 0 bridgehead atoms. The highest BCUT2D eigenvalue weighted by atomic mass is 32.1. The molecule has 0 N–H and O–H groups in total. The summed E-state index contributed by atoms with van der Waals surface area (Å²) in [7, 11) is 5.73. The summed E-state index contributed by atoms with van der Waals surface area (Å²) in [6, 6.07) is 7.65. The second-order valence-electron chi connectivity index (χ2n) is 4.96. The minimum absolute atomic E-state index is 0.0133. The normalized spacial score (nSPS) is 10.4. The van der Waals surface area contributed by atoms with Gasteiger partial charge in [0.25, 0.3) is 5.91 Å². The first-order valence-corrected chi connectivity index (χ1v) is 7.29. The number of amides is 1. The van der Waals surface area contributed by atoms with E-state index in [1.807, 2.05) is 55.6 Å². The molecule has 0 unspecified atom stereocenters. The molecule has 0 saturated heterocycles. The quantitative estimate of drug-likeness (QED) is 0.868. The highest BCUT2D eigenvalue weighted by Gasteiger charge is 2.14. The third-order valence-electron chi connectivity index (χ3n) is 3.02. The first kappa shape index (κ1) is 14.5. The van der Waals surface area contributed by atoms with Gasteiger partial charge in [0.05, 0.1) is 17.2 Å². The number of hydrogen-bond donors (Lipinski definition) is 0. The molecule has 2 rings (SSSR count). The molecule has 1 heterocycles. The highest BCUT2D eigenvalue weighted by Crippen LogP contribution is 2.16. The third-order valence-corrected chi connectivity index (χ3v) is 3.84. The van der Waals surface area contributed by atoms with E-state index in [-0.39, 0.29) is 5.91 Å². The van der Waals surface area contributed by atoms with Crippen molar-refractivity contribution in [1.29, 1.82) is 0 Å². The molecule has 0 aliphatic carbocycles. The van der Waals surface area contributed by atoms with E-state index in [0.29, 0.717) is 12.1 Å². The maximum atomic E-state index is 12.4. The standard InChI is InChI=1S/C15H19N3OS/c1-11-16-13(10-20-11)9-18(4)15(19)12-6-5-7-14(8-12)17(2)3/h5-8,10H,9H2,1-4H3. The van der Waals surface area contributed by atoms with Gasteiger partial charge in [-0.1, -0.05) is 6.07 Å². The number of carbonyl (C=O) groups excluding carboxylic acids is 1. The van der Waals surface area contributed by atoms with E-state index in [1.165, 1.54) is 0 Å². The first-order chi connectivity index (χ1) is 9.47. The van der Waals surface area contributed by atoms with Crippen LogP contribution in [0.25, 0.3) is 0 Å². The molecule has 106 valence electrons. The van der Waals surface area contributed by atoms with Gasteiger partial charge in [-0.15, -0.1) is 11.3 Å². The molecule has 0 atom stereocenters. The Balaban J connectivity index is 2.12. The number of aromatic nitrogens is 1. The lowest BCUT2D eigenvalue weighted by Gasteiger charge is -2.18. The van der Waals surface area contributed by atoms with Gasteiger partial charge in [0.2, 0.25) is 0 Å². The Hall–Kier alpha value is -1.88. The van der Waals surface area contributed by atoms with Crippen molar-refractivity contribution >= 4 is 22.9 Å². The number of carbonyl (C=O) groups is 1. The van der Waals surface area contributed by atoms with Crippen LogP contribution in [0.2, 0.25) is 0 Å². The van der Waals surface area contributed by atoms with E-state index in [9.17, 15) is 4.79 Å². The van der Waals surface area contributed by atoms with Gasteiger partial charge in [0.15, 0.2) is 0 Å². The van der Waals surface area contributed by atoms with Crippen LogP contribution >= 0.6 is 11.3 Å². The smallest absolute Gasteiger partial charge is 0.254 e. The molecule has 1 aromatic carbocycles. The van der Waals surface area contributed by atoms with Crippen LogP contribution in [0.5, 0.6) is 0 Å². The topological polar surface area (TPSA) is 36.4 Å². The molecule has 0 radical (unpaired) electrons. The number of rotatable bonds is 4. The lowest BCUT2D eigenvalue weighted by molar-refractivity contribution is 0.0783. The molecule has 4 nitrogen and oxygen atoms in total. The van der Waals surface area contributed by atoms with E-state index in [1.54, 1.807) is 23.3 Å². The number of aryl methyl sites for hydroxylation is 1. The van der Waals surface area contributed by atoms with Crippen LogP contribution in [0.1, 0.15) is 21.1 Å². The van der Waals surface area contributed by atoms with E-state index in [2.05, 4.69) is 4.98 Å². The summed E-state index contributed by atoms with van der Waals surface area (Å²) < 4.78 is 0. The van der Waals surface area contributed by atoms with Crippen molar-refractivity contribution in [3.8, 4) is 0 Å². The number of hydrogen-bond acceptors (Lipinski definition) is 4. The second kappa shape index (κ2) is 6.05. The Morgan fingerprint density at radius 1 is 1.30 bits per heavy atom. The van der Waals surface area contributed by atoms with Gasteiger partial charge in [0.1, 0.15) is 0 Å². The lowest BCUT2D eigenvalue weighted by Crippen LogP contribution is -2.26. The van der Waals surface area contributed by atoms with E-state index in [0.717, 1.165) is 16.4 Å².